The number of nitrogens with one attached hydrogen (secondary N) is 2. The lowest BCUT2D eigenvalue weighted by molar-refractivity contribution is 0.0688. The monoisotopic (exact) mass is 356 g/mol. The Kier molecular flexibility index (Phi) is 5.37. The summed E-state index contributed by atoms with van der Waals surface area (Å²) in [6, 6.07) is 7.70. The topological polar surface area (TPSA) is 96.2 Å². The Balaban J connectivity index is 1.69. The molecule has 1 atom stereocenters. The Morgan fingerprint density at radius 1 is 1.38 bits per heavy atom. The molecule has 0 aliphatic heterocycles. The SMILES string of the molecule is CCn1nc(C(=O)O)c2c1CC[C@H](NCc1cccc(C(=O)NC)c1)C2. The van der Waals surface area contributed by atoms with Gasteiger partial charge < -0.3 is 15.7 Å². The van der Waals surface area contributed by atoms with Crippen molar-refractivity contribution in [3.63, 3.8) is 0 Å². The summed E-state index contributed by atoms with van der Waals surface area (Å²) in [6.07, 6.45) is 2.42. The van der Waals surface area contributed by atoms with Crippen LogP contribution in [-0.2, 0) is 25.9 Å². The summed E-state index contributed by atoms with van der Waals surface area (Å²) < 4.78 is 1.81. The molecule has 7 heteroatoms. The molecule has 1 amide bonds. The van der Waals surface area contributed by atoms with Crippen LogP contribution in [0.5, 0.6) is 0 Å². The van der Waals surface area contributed by atoms with Crippen LogP contribution in [0.25, 0.3) is 0 Å². The molecule has 0 saturated heterocycles. The Morgan fingerprint density at radius 3 is 2.88 bits per heavy atom. The Hall–Kier alpha value is -2.67. The molecule has 3 rings (SSSR count). The zero-order valence-electron chi connectivity index (χ0n) is 15.1. The van der Waals surface area contributed by atoms with Gasteiger partial charge >= 0.3 is 5.97 Å². The summed E-state index contributed by atoms with van der Waals surface area (Å²) in [5.41, 5.74) is 3.73. The molecule has 0 radical (unpaired) electrons. The maximum absolute atomic E-state index is 11.7. The fraction of sp³-hybridized carbons (Fsp3) is 0.421. The van der Waals surface area contributed by atoms with E-state index < -0.39 is 5.97 Å². The summed E-state index contributed by atoms with van der Waals surface area (Å²) >= 11 is 0. The first-order valence-corrected chi connectivity index (χ1v) is 8.89. The van der Waals surface area contributed by atoms with Gasteiger partial charge in [0.1, 0.15) is 0 Å². The number of carboxylic acids is 1. The van der Waals surface area contributed by atoms with E-state index >= 15 is 0 Å². The van der Waals surface area contributed by atoms with Gasteiger partial charge in [0.15, 0.2) is 5.69 Å². The third-order valence-corrected chi connectivity index (χ3v) is 4.86. The number of rotatable bonds is 6. The second-order valence-electron chi connectivity index (χ2n) is 6.49. The number of hydrogen-bond acceptors (Lipinski definition) is 4. The molecular weight excluding hydrogens is 332 g/mol. The van der Waals surface area contributed by atoms with Gasteiger partial charge in [-0.2, -0.15) is 5.10 Å². The van der Waals surface area contributed by atoms with Gasteiger partial charge in [-0.3, -0.25) is 9.48 Å². The number of carboxylic acid groups (broad SMARTS) is 1. The number of amides is 1. The fourth-order valence-electron chi connectivity index (χ4n) is 3.52. The molecule has 3 N–H and O–H groups in total. The summed E-state index contributed by atoms with van der Waals surface area (Å²) in [5.74, 6) is -1.07. The smallest absolute Gasteiger partial charge is 0.356 e. The van der Waals surface area contributed by atoms with Crippen molar-refractivity contribution >= 4 is 11.9 Å². The molecule has 2 aromatic rings. The molecule has 1 aliphatic carbocycles. The number of hydrogen-bond donors (Lipinski definition) is 3. The van der Waals surface area contributed by atoms with Crippen LogP contribution >= 0.6 is 0 Å². The van der Waals surface area contributed by atoms with Crippen molar-refractivity contribution in [1.29, 1.82) is 0 Å². The Bertz CT molecular complexity index is 828. The van der Waals surface area contributed by atoms with E-state index in [0.29, 0.717) is 25.1 Å². The summed E-state index contributed by atoms with van der Waals surface area (Å²) in [7, 11) is 1.61. The molecule has 1 aromatic heterocycles. The molecule has 1 heterocycles. The van der Waals surface area contributed by atoms with E-state index in [4.69, 9.17) is 0 Å². The molecule has 0 spiro atoms. The zero-order valence-corrected chi connectivity index (χ0v) is 15.1. The van der Waals surface area contributed by atoms with Gasteiger partial charge in [0.25, 0.3) is 5.91 Å². The predicted octanol–water partition coefficient (Wildman–Crippen LogP) is 1.61. The van der Waals surface area contributed by atoms with E-state index in [1.807, 2.05) is 29.8 Å². The van der Waals surface area contributed by atoms with Crippen LogP contribution in [0, 0.1) is 0 Å². The van der Waals surface area contributed by atoms with E-state index in [1.54, 1.807) is 13.1 Å². The van der Waals surface area contributed by atoms with Crippen molar-refractivity contribution in [3.8, 4) is 0 Å². The minimum Gasteiger partial charge on any atom is -0.476 e. The van der Waals surface area contributed by atoms with Crippen LogP contribution < -0.4 is 10.6 Å². The van der Waals surface area contributed by atoms with Crippen LogP contribution in [-0.4, -0.2) is 39.9 Å². The lowest BCUT2D eigenvalue weighted by Gasteiger charge is -2.24. The average molecular weight is 356 g/mol. The lowest BCUT2D eigenvalue weighted by atomic mass is 9.91. The summed E-state index contributed by atoms with van der Waals surface area (Å²) in [4.78, 5) is 23.2. The second-order valence-corrected chi connectivity index (χ2v) is 6.49. The highest BCUT2D eigenvalue weighted by Crippen LogP contribution is 2.25. The van der Waals surface area contributed by atoms with Gasteiger partial charge in [-0.1, -0.05) is 12.1 Å². The number of benzene rings is 1. The number of nitrogens with zero attached hydrogens (tertiary/aromatic N) is 2. The molecule has 1 aliphatic rings. The molecule has 0 unspecified atom stereocenters. The standard InChI is InChI=1S/C19H24N4O3/c1-3-23-16-8-7-14(10-15(16)17(22-23)19(25)26)21-11-12-5-4-6-13(9-12)18(24)20-2/h4-6,9,14,21H,3,7-8,10-11H2,1-2H3,(H,20,24)(H,25,26)/t14-/m0/s1. The predicted molar refractivity (Wildman–Crippen MR) is 97.3 cm³/mol. The highest BCUT2D eigenvalue weighted by molar-refractivity contribution is 5.94. The van der Waals surface area contributed by atoms with E-state index in [2.05, 4.69) is 15.7 Å². The van der Waals surface area contributed by atoms with Crippen molar-refractivity contribution in [2.75, 3.05) is 7.05 Å². The van der Waals surface area contributed by atoms with Crippen molar-refractivity contribution in [1.82, 2.24) is 20.4 Å². The van der Waals surface area contributed by atoms with Crippen LogP contribution in [0.1, 0.15) is 51.0 Å². The normalized spacial score (nSPS) is 16.2. The van der Waals surface area contributed by atoms with Crippen molar-refractivity contribution in [2.45, 2.75) is 45.3 Å². The number of fused-ring (bicyclic) bond motifs is 1. The van der Waals surface area contributed by atoms with Gasteiger partial charge in [0.2, 0.25) is 0 Å². The lowest BCUT2D eigenvalue weighted by Crippen LogP contribution is -2.34. The van der Waals surface area contributed by atoms with Crippen molar-refractivity contribution in [3.05, 3.63) is 52.3 Å². The highest BCUT2D eigenvalue weighted by Gasteiger charge is 2.28. The van der Waals surface area contributed by atoms with Crippen molar-refractivity contribution < 1.29 is 14.7 Å². The fourth-order valence-corrected chi connectivity index (χ4v) is 3.52. The number of aromatic carboxylic acids is 1. The van der Waals surface area contributed by atoms with Crippen LogP contribution in [0.3, 0.4) is 0 Å². The minimum atomic E-state index is -0.965. The molecule has 138 valence electrons. The zero-order chi connectivity index (χ0) is 18.7. The first-order valence-electron chi connectivity index (χ1n) is 8.89. The number of aromatic nitrogens is 2. The largest absolute Gasteiger partial charge is 0.476 e. The molecule has 26 heavy (non-hydrogen) atoms. The first-order chi connectivity index (χ1) is 12.5. The number of carbonyl (C=O) groups excluding carboxylic acids is 1. The minimum absolute atomic E-state index is 0.104. The van der Waals surface area contributed by atoms with Crippen LogP contribution in [0.4, 0.5) is 0 Å². The summed E-state index contributed by atoms with van der Waals surface area (Å²) in [5, 5.41) is 19.8. The third kappa shape index (κ3) is 3.62. The Morgan fingerprint density at radius 2 is 2.19 bits per heavy atom. The maximum Gasteiger partial charge on any atom is 0.356 e. The Labute approximate surface area is 152 Å². The number of carbonyl (C=O) groups is 2. The van der Waals surface area contributed by atoms with Crippen LogP contribution in [0.15, 0.2) is 24.3 Å². The van der Waals surface area contributed by atoms with E-state index in [-0.39, 0.29) is 17.6 Å². The quantitative estimate of drug-likeness (QED) is 0.731. The van der Waals surface area contributed by atoms with Gasteiger partial charge in [-0.05, 0) is 43.9 Å². The van der Waals surface area contributed by atoms with Gasteiger partial charge in [-0.25, -0.2) is 4.79 Å². The second kappa shape index (κ2) is 7.70. The molecule has 0 fully saturated rings. The molecular formula is C19H24N4O3. The highest BCUT2D eigenvalue weighted by atomic mass is 16.4. The average Bonchev–Trinajstić information content (AvgIpc) is 3.04. The summed E-state index contributed by atoms with van der Waals surface area (Å²) in [6.45, 7) is 3.29. The molecule has 0 bridgehead atoms. The first kappa shape index (κ1) is 18.1. The van der Waals surface area contributed by atoms with E-state index in [1.165, 1.54) is 0 Å². The van der Waals surface area contributed by atoms with Gasteiger partial charge in [0, 0.05) is 43.0 Å². The molecule has 1 aromatic carbocycles. The third-order valence-electron chi connectivity index (χ3n) is 4.86. The maximum atomic E-state index is 11.7. The molecule has 7 nitrogen and oxygen atoms in total. The number of aryl methyl sites for hydroxylation is 1. The van der Waals surface area contributed by atoms with Crippen molar-refractivity contribution in [2.24, 2.45) is 0 Å². The van der Waals surface area contributed by atoms with E-state index in [9.17, 15) is 14.7 Å². The van der Waals surface area contributed by atoms with Gasteiger partial charge in [0.05, 0.1) is 0 Å². The van der Waals surface area contributed by atoms with E-state index in [0.717, 1.165) is 29.7 Å². The molecule has 0 saturated carbocycles. The van der Waals surface area contributed by atoms with Crippen LogP contribution in [0.2, 0.25) is 0 Å². The van der Waals surface area contributed by atoms with Gasteiger partial charge in [-0.15, -0.1) is 0 Å².